The van der Waals surface area contributed by atoms with Crippen LogP contribution in [-0.2, 0) is 0 Å². The van der Waals surface area contributed by atoms with E-state index in [0.29, 0.717) is 0 Å². The Morgan fingerprint density at radius 1 is 1.12 bits per heavy atom. The Labute approximate surface area is 108 Å². The monoisotopic (exact) mass is 252 g/mol. The molecule has 0 saturated carbocycles. The average Bonchev–Trinajstić information content (AvgIpc) is 2.36. The van der Waals surface area contributed by atoms with E-state index < -0.39 is 0 Å². The van der Waals surface area contributed by atoms with E-state index >= 15 is 0 Å². The van der Waals surface area contributed by atoms with E-state index in [1.807, 2.05) is 25.1 Å². The number of aliphatic hydroxyl groups excluding tert-OH is 1. The molecule has 0 aliphatic heterocycles. The molecule has 2 aromatic rings. The molecule has 0 aliphatic carbocycles. The molecule has 0 fully saturated rings. The number of rotatable bonds is 3. The number of ether oxygens (including phenoxy) is 1. The maximum Gasteiger partial charge on any atom is 0.119 e. The highest BCUT2D eigenvalue weighted by molar-refractivity contribution is 5.85. The SMILES string of the molecule is COc1ccc2cc([C@H](C)CO)ccc2c1.Cl. The number of methoxy groups -OCH3 is 1. The van der Waals surface area contributed by atoms with Crippen molar-refractivity contribution in [2.45, 2.75) is 12.8 Å². The Hall–Kier alpha value is -1.25. The number of aliphatic hydroxyl groups is 1. The van der Waals surface area contributed by atoms with Crippen LogP contribution in [0.3, 0.4) is 0 Å². The molecule has 2 nitrogen and oxygen atoms in total. The van der Waals surface area contributed by atoms with Crippen LogP contribution in [0.4, 0.5) is 0 Å². The highest BCUT2D eigenvalue weighted by atomic mass is 35.5. The second-order valence-corrected chi connectivity index (χ2v) is 4.06. The van der Waals surface area contributed by atoms with Gasteiger partial charge in [-0.1, -0.05) is 31.2 Å². The molecule has 17 heavy (non-hydrogen) atoms. The van der Waals surface area contributed by atoms with Crippen molar-refractivity contribution in [2.75, 3.05) is 13.7 Å². The van der Waals surface area contributed by atoms with Gasteiger partial charge in [-0.25, -0.2) is 0 Å². The normalized spacial score (nSPS) is 11.9. The molecule has 0 heterocycles. The van der Waals surface area contributed by atoms with Crippen molar-refractivity contribution in [3.63, 3.8) is 0 Å². The van der Waals surface area contributed by atoms with Gasteiger partial charge in [0.1, 0.15) is 5.75 Å². The summed E-state index contributed by atoms with van der Waals surface area (Å²) >= 11 is 0. The van der Waals surface area contributed by atoms with E-state index in [1.165, 1.54) is 10.9 Å². The number of hydrogen-bond donors (Lipinski definition) is 1. The lowest BCUT2D eigenvalue weighted by Gasteiger charge is -2.10. The molecule has 1 N–H and O–H groups in total. The first-order valence-corrected chi connectivity index (χ1v) is 5.43. The van der Waals surface area contributed by atoms with Crippen molar-refractivity contribution in [3.8, 4) is 5.75 Å². The van der Waals surface area contributed by atoms with E-state index in [2.05, 4.69) is 18.2 Å². The second kappa shape index (κ2) is 5.89. The Balaban J connectivity index is 0.00000144. The van der Waals surface area contributed by atoms with Crippen LogP contribution in [-0.4, -0.2) is 18.8 Å². The summed E-state index contributed by atoms with van der Waals surface area (Å²) in [5, 5.41) is 11.5. The predicted molar refractivity (Wildman–Crippen MR) is 73.2 cm³/mol. The Morgan fingerprint density at radius 2 is 1.76 bits per heavy atom. The van der Waals surface area contributed by atoms with Crippen molar-refractivity contribution >= 4 is 23.2 Å². The van der Waals surface area contributed by atoms with Gasteiger partial charge in [-0.2, -0.15) is 0 Å². The summed E-state index contributed by atoms with van der Waals surface area (Å²) in [6.07, 6.45) is 0. The van der Waals surface area contributed by atoms with Crippen molar-refractivity contribution in [1.82, 2.24) is 0 Å². The van der Waals surface area contributed by atoms with Crippen LogP contribution in [0.15, 0.2) is 36.4 Å². The van der Waals surface area contributed by atoms with Crippen LogP contribution < -0.4 is 4.74 Å². The molecule has 1 atom stereocenters. The summed E-state index contributed by atoms with van der Waals surface area (Å²) in [7, 11) is 1.67. The fraction of sp³-hybridized carbons (Fsp3) is 0.286. The maximum atomic E-state index is 9.12. The maximum absolute atomic E-state index is 9.12. The van der Waals surface area contributed by atoms with E-state index in [9.17, 15) is 0 Å². The van der Waals surface area contributed by atoms with E-state index in [-0.39, 0.29) is 24.9 Å². The fourth-order valence-electron chi connectivity index (χ4n) is 1.78. The van der Waals surface area contributed by atoms with Crippen LogP contribution in [0.1, 0.15) is 18.4 Å². The standard InChI is InChI=1S/C14H16O2.ClH/c1-10(9-15)11-3-4-13-8-14(16-2)6-5-12(13)7-11;/h3-8,10,15H,9H2,1-2H3;1H/t10-;/m1./s1. The quantitative estimate of drug-likeness (QED) is 0.908. The van der Waals surface area contributed by atoms with E-state index in [0.717, 1.165) is 11.1 Å². The van der Waals surface area contributed by atoms with Crippen LogP contribution in [0, 0.1) is 0 Å². The molecule has 0 aliphatic rings. The second-order valence-electron chi connectivity index (χ2n) is 4.06. The zero-order valence-corrected chi connectivity index (χ0v) is 10.8. The molecule has 0 unspecified atom stereocenters. The summed E-state index contributed by atoms with van der Waals surface area (Å²) in [5.41, 5.74) is 1.17. The molecular weight excluding hydrogens is 236 g/mol. The molecule has 0 spiro atoms. The van der Waals surface area contributed by atoms with Gasteiger partial charge in [0.2, 0.25) is 0 Å². The van der Waals surface area contributed by atoms with Gasteiger partial charge >= 0.3 is 0 Å². The Kier molecular flexibility index (Phi) is 4.79. The lowest BCUT2D eigenvalue weighted by atomic mass is 9.98. The van der Waals surface area contributed by atoms with Crippen LogP contribution >= 0.6 is 12.4 Å². The number of benzene rings is 2. The van der Waals surface area contributed by atoms with E-state index in [1.54, 1.807) is 7.11 Å². The van der Waals surface area contributed by atoms with Crippen LogP contribution in [0.2, 0.25) is 0 Å². The summed E-state index contributed by atoms with van der Waals surface area (Å²) in [6, 6.07) is 12.3. The highest BCUT2D eigenvalue weighted by Gasteiger charge is 2.04. The first kappa shape index (κ1) is 13.8. The molecule has 2 rings (SSSR count). The summed E-state index contributed by atoms with van der Waals surface area (Å²) in [4.78, 5) is 0. The highest BCUT2D eigenvalue weighted by Crippen LogP contribution is 2.24. The molecule has 92 valence electrons. The minimum absolute atomic E-state index is 0. The lowest BCUT2D eigenvalue weighted by molar-refractivity contribution is 0.273. The topological polar surface area (TPSA) is 29.5 Å². The summed E-state index contributed by atoms with van der Waals surface area (Å²) < 4.78 is 5.18. The zero-order chi connectivity index (χ0) is 11.5. The summed E-state index contributed by atoms with van der Waals surface area (Å²) in [5.74, 6) is 1.06. The van der Waals surface area contributed by atoms with Gasteiger partial charge in [0.25, 0.3) is 0 Å². The Bertz CT molecular complexity index is 497. The lowest BCUT2D eigenvalue weighted by Crippen LogP contribution is -1.98. The molecular formula is C14H17ClO2. The third-order valence-corrected chi connectivity index (χ3v) is 2.91. The minimum atomic E-state index is 0. The molecule has 0 amide bonds. The number of hydrogen-bond acceptors (Lipinski definition) is 2. The van der Waals surface area contributed by atoms with Gasteiger partial charge in [0.15, 0.2) is 0 Å². The van der Waals surface area contributed by atoms with Gasteiger partial charge in [-0.15, -0.1) is 12.4 Å². The zero-order valence-electron chi connectivity index (χ0n) is 10.0. The van der Waals surface area contributed by atoms with Gasteiger partial charge < -0.3 is 9.84 Å². The number of halogens is 1. The summed E-state index contributed by atoms with van der Waals surface area (Å²) in [6.45, 7) is 2.20. The number of fused-ring (bicyclic) bond motifs is 1. The predicted octanol–water partition coefficient (Wildman–Crippen LogP) is 3.37. The molecule has 3 heteroatoms. The third-order valence-electron chi connectivity index (χ3n) is 2.91. The van der Waals surface area contributed by atoms with Crippen LogP contribution in [0.5, 0.6) is 5.75 Å². The third kappa shape index (κ3) is 2.90. The van der Waals surface area contributed by atoms with Gasteiger partial charge in [-0.05, 0) is 28.5 Å². The first-order valence-electron chi connectivity index (χ1n) is 5.43. The smallest absolute Gasteiger partial charge is 0.119 e. The van der Waals surface area contributed by atoms with Gasteiger partial charge in [0, 0.05) is 12.5 Å². The van der Waals surface area contributed by atoms with Crippen molar-refractivity contribution in [2.24, 2.45) is 0 Å². The van der Waals surface area contributed by atoms with Crippen molar-refractivity contribution < 1.29 is 9.84 Å². The molecule has 0 saturated heterocycles. The largest absolute Gasteiger partial charge is 0.497 e. The molecule has 2 aromatic carbocycles. The minimum Gasteiger partial charge on any atom is -0.497 e. The van der Waals surface area contributed by atoms with Crippen molar-refractivity contribution in [3.05, 3.63) is 42.0 Å². The van der Waals surface area contributed by atoms with Gasteiger partial charge in [-0.3, -0.25) is 0 Å². The first-order chi connectivity index (χ1) is 7.74. The molecule has 0 radical (unpaired) electrons. The van der Waals surface area contributed by atoms with Crippen molar-refractivity contribution in [1.29, 1.82) is 0 Å². The van der Waals surface area contributed by atoms with E-state index in [4.69, 9.17) is 9.84 Å². The Morgan fingerprint density at radius 3 is 2.41 bits per heavy atom. The average molecular weight is 253 g/mol. The van der Waals surface area contributed by atoms with Gasteiger partial charge in [0.05, 0.1) is 7.11 Å². The molecule has 0 bridgehead atoms. The fourth-order valence-corrected chi connectivity index (χ4v) is 1.78. The molecule has 0 aromatic heterocycles. The van der Waals surface area contributed by atoms with Crippen LogP contribution in [0.25, 0.3) is 10.8 Å².